The van der Waals surface area contributed by atoms with Gasteiger partial charge in [0.15, 0.2) is 0 Å². The van der Waals surface area contributed by atoms with E-state index in [-0.39, 0.29) is 11.9 Å². The summed E-state index contributed by atoms with van der Waals surface area (Å²) in [5.41, 5.74) is 9.79. The topological polar surface area (TPSA) is 93.8 Å². The zero-order chi connectivity index (χ0) is 15.9. The molecule has 1 amide bonds. The highest BCUT2D eigenvalue weighted by Gasteiger charge is 2.02. The summed E-state index contributed by atoms with van der Waals surface area (Å²) in [7, 11) is 0. The highest BCUT2D eigenvalue weighted by molar-refractivity contribution is 5.95. The zero-order valence-corrected chi connectivity index (χ0v) is 11.9. The van der Waals surface area contributed by atoms with Gasteiger partial charge in [0.25, 0.3) is 5.91 Å². The van der Waals surface area contributed by atoms with Gasteiger partial charge in [0, 0.05) is 18.2 Å². The van der Waals surface area contributed by atoms with E-state index in [2.05, 4.69) is 10.5 Å². The molecule has 0 aliphatic rings. The number of hydrogen-bond acceptors (Lipinski definition) is 5. The Labute approximate surface area is 127 Å². The highest BCUT2D eigenvalue weighted by atomic mass is 16.5. The van der Waals surface area contributed by atoms with E-state index in [0.29, 0.717) is 17.0 Å². The first kappa shape index (κ1) is 15.2. The van der Waals surface area contributed by atoms with Gasteiger partial charge in [0.2, 0.25) is 0 Å². The Balaban J connectivity index is 1.93. The second-order valence-electron chi connectivity index (χ2n) is 4.48. The van der Waals surface area contributed by atoms with Crippen LogP contribution < -0.4 is 15.9 Å². The second kappa shape index (κ2) is 7.03. The molecular weight excluding hydrogens is 282 g/mol. The molecule has 22 heavy (non-hydrogen) atoms. The van der Waals surface area contributed by atoms with Gasteiger partial charge in [-0.3, -0.25) is 9.59 Å². The molecule has 0 atom stereocenters. The lowest BCUT2D eigenvalue weighted by molar-refractivity contribution is -0.131. The molecule has 0 spiro atoms. The number of nitrogens with zero attached hydrogens (tertiary/aromatic N) is 1. The number of rotatable bonds is 4. The number of nitrogens with two attached hydrogens (primary N) is 1. The normalized spacial score (nSPS) is 10.4. The highest BCUT2D eigenvalue weighted by Crippen LogP contribution is 2.11. The number of amides is 1. The fraction of sp³-hybridized carbons (Fsp3) is 0.0625. The maximum atomic E-state index is 11.8. The Morgan fingerprint density at radius 1 is 1.09 bits per heavy atom. The van der Waals surface area contributed by atoms with Crippen LogP contribution in [-0.2, 0) is 4.79 Å². The average Bonchev–Trinajstić information content (AvgIpc) is 2.49. The third kappa shape index (κ3) is 4.45. The number of hydrazone groups is 1. The Morgan fingerprint density at radius 2 is 1.73 bits per heavy atom. The molecule has 112 valence electrons. The molecule has 0 bridgehead atoms. The first-order valence-electron chi connectivity index (χ1n) is 6.52. The van der Waals surface area contributed by atoms with Crippen LogP contribution in [0.15, 0.2) is 53.6 Å². The van der Waals surface area contributed by atoms with E-state index >= 15 is 0 Å². The largest absolute Gasteiger partial charge is 0.427 e. The third-order valence-corrected chi connectivity index (χ3v) is 2.69. The SMILES string of the molecule is CC(=O)Oc1ccc(/C=N\NC(=O)c2ccc(N)cc2)cc1. The van der Waals surface area contributed by atoms with Crippen molar-refractivity contribution in [2.24, 2.45) is 5.10 Å². The predicted octanol–water partition coefficient (Wildman–Crippen LogP) is 1.96. The van der Waals surface area contributed by atoms with Crippen molar-refractivity contribution in [1.29, 1.82) is 0 Å². The van der Waals surface area contributed by atoms with Gasteiger partial charge in [0.05, 0.1) is 6.21 Å². The summed E-state index contributed by atoms with van der Waals surface area (Å²) in [5, 5.41) is 3.87. The van der Waals surface area contributed by atoms with Gasteiger partial charge < -0.3 is 10.5 Å². The fourth-order valence-corrected chi connectivity index (χ4v) is 1.65. The first-order chi connectivity index (χ1) is 10.5. The quantitative estimate of drug-likeness (QED) is 0.296. The molecule has 6 nitrogen and oxygen atoms in total. The monoisotopic (exact) mass is 297 g/mol. The minimum absolute atomic E-state index is 0.326. The summed E-state index contributed by atoms with van der Waals surface area (Å²) >= 11 is 0. The van der Waals surface area contributed by atoms with Gasteiger partial charge >= 0.3 is 5.97 Å². The summed E-state index contributed by atoms with van der Waals surface area (Å²) in [6, 6.07) is 13.3. The average molecular weight is 297 g/mol. The Hall–Kier alpha value is -3.15. The van der Waals surface area contributed by atoms with Crippen LogP contribution in [0.25, 0.3) is 0 Å². The molecular formula is C16H15N3O3. The summed E-state index contributed by atoms with van der Waals surface area (Å²) in [6.07, 6.45) is 1.49. The molecule has 0 saturated carbocycles. The Morgan fingerprint density at radius 3 is 2.32 bits per heavy atom. The van der Waals surface area contributed by atoms with Crippen molar-refractivity contribution in [3.63, 3.8) is 0 Å². The van der Waals surface area contributed by atoms with Gasteiger partial charge in [-0.05, 0) is 54.1 Å². The van der Waals surface area contributed by atoms with Crippen LogP contribution in [0.2, 0.25) is 0 Å². The van der Waals surface area contributed by atoms with Gasteiger partial charge in [-0.15, -0.1) is 0 Å². The van der Waals surface area contributed by atoms with Gasteiger partial charge in [-0.1, -0.05) is 0 Å². The van der Waals surface area contributed by atoms with E-state index in [0.717, 1.165) is 5.56 Å². The fourth-order valence-electron chi connectivity index (χ4n) is 1.65. The van der Waals surface area contributed by atoms with Crippen LogP contribution in [0.4, 0.5) is 5.69 Å². The van der Waals surface area contributed by atoms with Crippen molar-refractivity contribution >= 4 is 23.8 Å². The number of ether oxygens (including phenoxy) is 1. The number of carbonyl (C=O) groups is 2. The van der Waals surface area contributed by atoms with Crippen molar-refractivity contribution < 1.29 is 14.3 Å². The van der Waals surface area contributed by atoms with Crippen LogP contribution >= 0.6 is 0 Å². The van der Waals surface area contributed by atoms with Crippen molar-refractivity contribution in [3.8, 4) is 5.75 Å². The molecule has 0 aliphatic carbocycles. The number of benzene rings is 2. The minimum Gasteiger partial charge on any atom is -0.427 e. The van der Waals surface area contributed by atoms with Crippen molar-refractivity contribution in [3.05, 3.63) is 59.7 Å². The third-order valence-electron chi connectivity index (χ3n) is 2.69. The predicted molar refractivity (Wildman–Crippen MR) is 83.7 cm³/mol. The van der Waals surface area contributed by atoms with Crippen molar-refractivity contribution in [2.75, 3.05) is 5.73 Å². The molecule has 2 aromatic carbocycles. The molecule has 0 aliphatic heterocycles. The standard InChI is InChI=1S/C16H15N3O3/c1-11(20)22-15-8-2-12(3-9-15)10-18-19-16(21)13-4-6-14(17)7-5-13/h2-10H,17H2,1H3,(H,19,21)/b18-10-. The van der Waals surface area contributed by atoms with E-state index in [9.17, 15) is 9.59 Å². The van der Waals surface area contributed by atoms with Gasteiger partial charge in [-0.25, -0.2) is 5.43 Å². The number of hydrogen-bond donors (Lipinski definition) is 2. The smallest absolute Gasteiger partial charge is 0.308 e. The van der Waals surface area contributed by atoms with Crippen LogP contribution in [0.5, 0.6) is 5.75 Å². The van der Waals surface area contributed by atoms with Crippen LogP contribution in [-0.4, -0.2) is 18.1 Å². The first-order valence-corrected chi connectivity index (χ1v) is 6.52. The summed E-state index contributed by atoms with van der Waals surface area (Å²) in [5.74, 6) is -0.250. The summed E-state index contributed by atoms with van der Waals surface area (Å²) < 4.78 is 4.92. The summed E-state index contributed by atoms with van der Waals surface area (Å²) in [6.45, 7) is 1.34. The number of anilines is 1. The molecule has 6 heteroatoms. The second-order valence-corrected chi connectivity index (χ2v) is 4.48. The molecule has 0 radical (unpaired) electrons. The molecule has 0 fully saturated rings. The molecule has 2 rings (SSSR count). The van der Waals surface area contributed by atoms with Gasteiger partial charge in [0.1, 0.15) is 5.75 Å². The van der Waals surface area contributed by atoms with E-state index in [1.165, 1.54) is 13.1 Å². The molecule has 0 unspecified atom stereocenters. The molecule has 2 aromatic rings. The number of nitrogens with one attached hydrogen (secondary N) is 1. The zero-order valence-electron chi connectivity index (χ0n) is 11.9. The van der Waals surface area contributed by atoms with E-state index in [1.54, 1.807) is 48.5 Å². The van der Waals surface area contributed by atoms with E-state index < -0.39 is 0 Å². The lowest BCUT2D eigenvalue weighted by Gasteiger charge is -2.01. The Bertz CT molecular complexity index is 692. The molecule has 0 saturated heterocycles. The number of nitrogen functional groups attached to an aromatic ring is 1. The Kier molecular flexibility index (Phi) is 4.87. The van der Waals surface area contributed by atoms with E-state index in [1.807, 2.05) is 0 Å². The number of carbonyl (C=O) groups excluding carboxylic acids is 2. The number of esters is 1. The maximum absolute atomic E-state index is 11.8. The van der Waals surface area contributed by atoms with Gasteiger partial charge in [-0.2, -0.15) is 5.10 Å². The minimum atomic E-state index is -0.378. The molecule has 0 aromatic heterocycles. The molecule has 0 heterocycles. The lowest BCUT2D eigenvalue weighted by Crippen LogP contribution is -2.17. The molecule has 3 N–H and O–H groups in total. The maximum Gasteiger partial charge on any atom is 0.308 e. The van der Waals surface area contributed by atoms with Crippen molar-refractivity contribution in [1.82, 2.24) is 5.43 Å². The van der Waals surface area contributed by atoms with Crippen LogP contribution in [0, 0.1) is 0 Å². The lowest BCUT2D eigenvalue weighted by atomic mass is 10.2. The summed E-state index contributed by atoms with van der Waals surface area (Å²) in [4.78, 5) is 22.6. The van der Waals surface area contributed by atoms with Crippen molar-refractivity contribution in [2.45, 2.75) is 6.92 Å². The van der Waals surface area contributed by atoms with E-state index in [4.69, 9.17) is 10.5 Å². The van der Waals surface area contributed by atoms with Crippen LogP contribution in [0.3, 0.4) is 0 Å². The van der Waals surface area contributed by atoms with Crippen LogP contribution in [0.1, 0.15) is 22.8 Å².